The van der Waals surface area contributed by atoms with E-state index in [4.69, 9.17) is 9.47 Å². The van der Waals surface area contributed by atoms with E-state index in [-0.39, 0.29) is 17.5 Å². The third-order valence-electron chi connectivity index (χ3n) is 7.73. The number of nitrogens with one attached hydrogen (secondary N) is 2. The quantitative estimate of drug-likeness (QED) is 0.520. The van der Waals surface area contributed by atoms with Gasteiger partial charge in [-0.15, -0.1) is 0 Å². The van der Waals surface area contributed by atoms with Crippen LogP contribution in [0.4, 0.5) is 23.7 Å². The van der Waals surface area contributed by atoms with Crippen LogP contribution in [-0.4, -0.2) is 49.8 Å². The molecule has 0 bridgehead atoms. The lowest BCUT2D eigenvalue weighted by molar-refractivity contribution is -0.137. The van der Waals surface area contributed by atoms with Gasteiger partial charge in [0.1, 0.15) is 0 Å². The van der Waals surface area contributed by atoms with E-state index in [1.165, 1.54) is 17.7 Å². The Kier molecular flexibility index (Phi) is 7.41. The fourth-order valence-electron chi connectivity index (χ4n) is 5.91. The Bertz CT molecular complexity index is 1070. The summed E-state index contributed by atoms with van der Waals surface area (Å²) >= 11 is 0. The molecule has 0 radical (unpaired) electrons. The summed E-state index contributed by atoms with van der Waals surface area (Å²) in [7, 11) is 3.27. The third kappa shape index (κ3) is 5.12. The van der Waals surface area contributed by atoms with Crippen molar-refractivity contribution in [1.29, 1.82) is 0 Å². The maximum atomic E-state index is 12.8. The highest BCUT2D eigenvalue weighted by atomic mass is 19.4. The van der Waals surface area contributed by atoms with Crippen LogP contribution in [0.2, 0.25) is 0 Å². The third-order valence-corrected chi connectivity index (χ3v) is 7.73. The first-order chi connectivity index (χ1) is 17.1. The number of carbonyl (C=O) groups is 1. The van der Waals surface area contributed by atoms with Gasteiger partial charge in [0.15, 0.2) is 11.5 Å². The minimum atomic E-state index is -4.41. The van der Waals surface area contributed by atoms with Crippen LogP contribution in [0.3, 0.4) is 0 Å². The summed E-state index contributed by atoms with van der Waals surface area (Å²) < 4.78 is 49.4. The molecule has 4 rings (SSSR count). The highest BCUT2D eigenvalue weighted by Gasteiger charge is 2.52. The van der Waals surface area contributed by atoms with Crippen LogP contribution < -0.4 is 20.1 Å². The molecule has 0 spiro atoms. The predicted octanol–water partition coefficient (Wildman–Crippen LogP) is 5.82. The van der Waals surface area contributed by atoms with E-state index in [0.29, 0.717) is 23.2 Å². The van der Waals surface area contributed by atoms with E-state index >= 15 is 0 Å². The van der Waals surface area contributed by atoms with Gasteiger partial charge in [0.25, 0.3) is 0 Å². The molecule has 1 saturated heterocycles. The van der Waals surface area contributed by atoms with Crippen molar-refractivity contribution in [2.45, 2.75) is 69.2 Å². The second kappa shape index (κ2) is 10.2. The SMILES string of the molecule is COc1ccc(C23CCC(NC(=O)Nc4ccc(C(F)(F)F)cc4)CC2N(C(C)C)CC3)cc1OC. The number of carbonyl (C=O) groups excluding carboxylic acids is 1. The van der Waals surface area contributed by atoms with Crippen molar-refractivity contribution in [3.05, 3.63) is 53.6 Å². The first-order valence-corrected chi connectivity index (χ1v) is 12.3. The molecule has 2 amide bonds. The number of urea groups is 1. The fraction of sp³-hybridized carbons (Fsp3) is 0.519. The van der Waals surface area contributed by atoms with E-state index < -0.39 is 17.8 Å². The Morgan fingerprint density at radius 1 is 1.06 bits per heavy atom. The first kappa shape index (κ1) is 26.1. The number of likely N-dealkylation sites (tertiary alicyclic amines) is 1. The molecular formula is C27H34F3N3O3. The summed E-state index contributed by atoms with van der Waals surface area (Å²) in [6, 6.07) is 10.8. The molecule has 2 aromatic carbocycles. The molecule has 1 aliphatic carbocycles. The van der Waals surface area contributed by atoms with E-state index in [0.717, 1.165) is 44.4 Å². The zero-order valence-electron chi connectivity index (χ0n) is 21.1. The number of benzene rings is 2. The lowest BCUT2D eigenvalue weighted by Gasteiger charge is -2.46. The summed E-state index contributed by atoms with van der Waals surface area (Å²) in [5, 5.41) is 5.72. The normalized spacial score (nSPS) is 24.3. The predicted molar refractivity (Wildman–Crippen MR) is 133 cm³/mol. The Hall–Kier alpha value is -2.94. The van der Waals surface area contributed by atoms with Crippen molar-refractivity contribution >= 4 is 11.7 Å². The Labute approximate surface area is 210 Å². The zero-order valence-corrected chi connectivity index (χ0v) is 21.1. The van der Waals surface area contributed by atoms with Gasteiger partial charge in [0, 0.05) is 29.2 Å². The number of amides is 2. The number of anilines is 1. The van der Waals surface area contributed by atoms with Crippen molar-refractivity contribution in [3.8, 4) is 11.5 Å². The van der Waals surface area contributed by atoms with Crippen LogP contribution in [0.25, 0.3) is 0 Å². The minimum Gasteiger partial charge on any atom is -0.493 e. The molecule has 1 saturated carbocycles. The van der Waals surface area contributed by atoms with E-state index in [9.17, 15) is 18.0 Å². The molecule has 2 aromatic rings. The number of rotatable bonds is 6. The number of halogens is 3. The lowest BCUT2D eigenvalue weighted by Crippen LogP contribution is -2.54. The van der Waals surface area contributed by atoms with Crippen LogP contribution in [0, 0.1) is 0 Å². The summed E-state index contributed by atoms with van der Waals surface area (Å²) in [4.78, 5) is 15.2. The molecule has 2 N–H and O–H groups in total. The van der Waals surface area contributed by atoms with Crippen molar-refractivity contribution in [1.82, 2.24) is 10.2 Å². The molecule has 1 heterocycles. The molecule has 9 heteroatoms. The molecule has 36 heavy (non-hydrogen) atoms. The average molecular weight is 506 g/mol. The number of fused-ring (bicyclic) bond motifs is 1. The topological polar surface area (TPSA) is 62.8 Å². The fourth-order valence-corrected chi connectivity index (χ4v) is 5.91. The van der Waals surface area contributed by atoms with Crippen LogP contribution in [0.1, 0.15) is 50.7 Å². The van der Waals surface area contributed by atoms with Gasteiger partial charge in [-0.25, -0.2) is 4.79 Å². The molecular weight excluding hydrogens is 471 g/mol. The zero-order chi connectivity index (χ0) is 26.1. The molecule has 2 fully saturated rings. The van der Waals surface area contributed by atoms with Gasteiger partial charge in [-0.1, -0.05) is 6.07 Å². The highest BCUT2D eigenvalue weighted by Crippen LogP contribution is 2.51. The second-order valence-electron chi connectivity index (χ2n) is 9.97. The van der Waals surface area contributed by atoms with Crippen LogP contribution in [-0.2, 0) is 11.6 Å². The maximum Gasteiger partial charge on any atom is 0.416 e. The first-order valence-electron chi connectivity index (χ1n) is 12.3. The summed E-state index contributed by atoms with van der Waals surface area (Å²) in [5.41, 5.74) is 0.746. The van der Waals surface area contributed by atoms with Gasteiger partial charge in [0.2, 0.25) is 0 Å². The maximum absolute atomic E-state index is 12.8. The van der Waals surface area contributed by atoms with E-state index in [1.807, 2.05) is 6.07 Å². The van der Waals surface area contributed by atoms with Gasteiger partial charge in [-0.2, -0.15) is 13.2 Å². The largest absolute Gasteiger partial charge is 0.493 e. The van der Waals surface area contributed by atoms with Crippen molar-refractivity contribution < 1.29 is 27.4 Å². The number of alkyl halides is 3. The lowest BCUT2D eigenvalue weighted by atomic mass is 9.65. The number of hydrogen-bond donors (Lipinski definition) is 2. The average Bonchev–Trinajstić information content (AvgIpc) is 3.23. The van der Waals surface area contributed by atoms with E-state index in [1.54, 1.807) is 14.2 Å². The number of methoxy groups -OCH3 is 2. The van der Waals surface area contributed by atoms with Crippen molar-refractivity contribution in [2.24, 2.45) is 0 Å². The van der Waals surface area contributed by atoms with Crippen LogP contribution in [0.5, 0.6) is 11.5 Å². The smallest absolute Gasteiger partial charge is 0.416 e. The Morgan fingerprint density at radius 3 is 2.36 bits per heavy atom. The molecule has 0 aromatic heterocycles. The standard InChI is InChI=1S/C27H34F3N3O3/c1-17(2)33-14-13-26(19-7-10-22(35-3)23(15-19)36-4)12-11-21(16-24(26)33)32-25(34)31-20-8-5-18(6-9-20)27(28,29)30/h5-10,15,17,21,24H,11-14,16H2,1-4H3,(H2,31,32,34). The Morgan fingerprint density at radius 2 is 1.75 bits per heavy atom. The number of nitrogens with zero attached hydrogens (tertiary/aromatic N) is 1. The number of hydrogen-bond acceptors (Lipinski definition) is 4. The molecule has 2 aliphatic rings. The molecule has 1 aliphatic heterocycles. The minimum absolute atomic E-state index is 0.0444. The molecule has 3 atom stereocenters. The van der Waals surface area contributed by atoms with Gasteiger partial charge >= 0.3 is 12.2 Å². The van der Waals surface area contributed by atoms with Crippen molar-refractivity contribution in [3.63, 3.8) is 0 Å². The van der Waals surface area contributed by atoms with Crippen LogP contribution in [0.15, 0.2) is 42.5 Å². The molecule has 196 valence electrons. The summed E-state index contributed by atoms with van der Waals surface area (Å²) in [6.45, 7) is 5.36. The summed E-state index contributed by atoms with van der Waals surface area (Å²) in [6.07, 6.45) is -0.894. The highest BCUT2D eigenvalue weighted by molar-refractivity contribution is 5.89. The van der Waals surface area contributed by atoms with Crippen LogP contribution >= 0.6 is 0 Å². The Balaban J connectivity index is 1.49. The molecule has 3 unspecified atom stereocenters. The van der Waals surface area contributed by atoms with Gasteiger partial charge in [0.05, 0.1) is 19.8 Å². The molecule has 6 nitrogen and oxygen atoms in total. The van der Waals surface area contributed by atoms with E-state index in [2.05, 4.69) is 41.5 Å². The van der Waals surface area contributed by atoms with Gasteiger partial charge < -0.3 is 20.1 Å². The van der Waals surface area contributed by atoms with Gasteiger partial charge in [-0.05, 0) is 88.0 Å². The van der Waals surface area contributed by atoms with Crippen molar-refractivity contribution in [2.75, 3.05) is 26.1 Å². The monoisotopic (exact) mass is 505 g/mol. The number of ether oxygens (including phenoxy) is 2. The summed E-state index contributed by atoms with van der Waals surface area (Å²) in [5.74, 6) is 1.41. The second-order valence-corrected chi connectivity index (χ2v) is 9.97. The van der Waals surface area contributed by atoms with Gasteiger partial charge in [-0.3, -0.25) is 4.90 Å².